The van der Waals surface area contributed by atoms with E-state index in [4.69, 9.17) is 37.0 Å². The average molecular weight is 1340 g/mol. The van der Waals surface area contributed by atoms with Gasteiger partial charge in [0.2, 0.25) is 0 Å². The van der Waals surface area contributed by atoms with Crippen LogP contribution in [0.3, 0.4) is 0 Å². The molecule has 19 heteroatoms. The fourth-order valence-corrected chi connectivity index (χ4v) is 12.4. The number of carbonyl (C=O) groups is 4. The predicted molar refractivity (Wildman–Crippen MR) is 368 cm³/mol. The van der Waals surface area contributed by atoms with Crippen molar-refractivity contribution < 1.29 is 80.2 Å². The first-order chi connectivity index (χ1) is 43.8. The number of aliphatic hydroxyl groups excluding tert-OH is 1. The van der Waals surface area contributed by atoms with Crippen LogP contribution in [0.1, 0.15) is 363 Å². The molecule has 7 atom stereocenters. The first-order valence-electron chi connectivity index (χ1n) is 37.4. The van der Waals surface area contributed by atoms with Gasteiger partial charge in [0.05, 0.1) is 26.4 Å². The second-order valence-electron chi connectivity index (χ2n) is 26.9. The molecule has 0 saturated carbocycles. The van der Waals surface area contributed by atoms with Crippen LogP contribution in [0.4, 0.5) is 0 Å². The van der Waals surface area contributed by atoms with Gasteiger partial charge in [-0.25, -0.2) is 9.13 Å². The molecule has 0 aromatic heterocycles. The molecule has 0 bridgehead atoms. The van der Waals surface area contributed by atoms with Gasteiger partial charge in [-0.3, -0.25) is 37.3 Å². The molecule has 0 fully saturated rings. The van der Waals surface area contributed by atoms with E-state index in [0.717, 1.165) is 108 Å². The summed E-state index contributed by atoms with van der Waals surface area (Å²) in [5, 5.41) is 10.6. The summed E-state index contributed by atoms with van der Waals surface area (Å²) >= 11 is 0. The maximum atomic E-state index is 13.1. The normalized spacial score (nSPS) is 14.8. The van der Waals surface area contributed by atoms with Crippen molar-refractivity contribution in [2.24, 2.45) is 17.8 Å². The SMILES string of the molecule is CCCCCCCC(=O)OC[C@H](COP(=O)(O)OC[C@H](O)COP(=O)(O)OC[C@@H](COC(=O)CCCCCCCCCCCCC(C)CC)OC(=O)CCCCCCCCCCCCCCCCCCCCC(C)CC)OC(=O)CCCCCCCCCC(C)C. The number of carbonyl (C=O) groups excluding carboxylic acids is 4. The van der Waals surface area contributed by atoms with Crippen LogP contribution in [0.2, 0.25) is 0 Å². The van der Waals surface area contributed by atoms with Crippen LogP contribution in [0, 0.1) is 17.8 Å². The van der Waals surface area contributed by atoms with Crippen molar-refractivity contribution in [1.29, 1.82) is 0 Å². The number of esters is 4. The Hall–Kier alpha value is -1.94. The minimum absolute atomic E-state index is 0.102. The quantitative estimate of drug-likeness (QED) is 0.0222. The summed E-state index contributed by atoms with van der Waals surface area (Å²) in [6, 6.07) is 0. The Labute approximate surface area is 556 Å². The van der Waals surface area contributed by atoms with Crippen LogP contribution in [-0.4, -0.2) is 96.7 Å². The van der Waals surface area contributed by atoms with E-state index < -0.39 is 97.5 Å². The summed E-state index contributed by atoms with van der Waals surface area (Å²) in [4.78, 5) is 72.3. The molecule has 0 heterocycles. The zero-order valence-corrected chi connectivity index (χ0v) is 61.1. The van der Waals surface area contributed by atoms with E-state index in [1.165, 1.54) is 167 Å². The number of phosphoric ester groups is 2. The van der Waals surface area contributed by atoms with Crippen LogP contribution in [-0.2, 0) is 65.4 Å². The maximum absolute atomic E-state index is 13.1. The maximum Gasteiger partial charge on any atom is 0.472 e. The van der Waals surface area contributed by atoms with Gasteiger partial charge in [-0.2, -0.15) is 0 Å². The van der Waals surface area contributed by atoms with Crippen molar-refractivity contribution in [3.8, 4) is 0 Å². The Morgan fingerprint density at radius 2 is 0.560 bits per heavy atom. The molecular weight excluding hydrogens is 1200 g/mol. The average Bonchev–Trinajstić information content (AvgIpc) is 2.91. The van der Waals surface area contributed by atoms with Crippen molar-refractivity contribution in [2.75, 3.05) is 39.6 Å². The Kier molecular flexibility index (Phi) is 61.5. The molecule has 0 amide bonds. The Bertz CT molecular complexity index is 1790. The van der Waals surface area contributed by atoms with E-state index in [0.29, 0.717) is 31.6 Å². The van der Waals surface area contributed by atoms with Crippen molar-refractivity contribution >= 4 is 39.5 Å². The van der Waals surface area contributed by atoms with E-state index in [1.54, 1.807) is 0 Å². The highest BCUT2D eigenvalue weighted by atomic mass is 31.2. The molecule has 17 nitrogen and oxygen atoms in total. The van der Waals surface area contributed by atoms with E-state index in [1.807, 2.05) is 0 Å². The second-order valence-corrected chi connectivity index (χ2v) is 29.8. The summed E-state index contributed by atoms with van der Waals surface area (Å²) in [5.74, 6) is 0.239. The Balaban J connectivity index is 5.11. The standard InChI is InChI=1S/C72H140O17P2/c1-8-11-12-36-46-53-69(74)82-59-67(88-72(77)56-49-42-35-29-30-37-43-50-63(4)5)61-86-90(78,79)84-57-66(73)58-85-91(80,81)87-62-68(60-83-70(75)54-47-40-33-27-24-23-26-32-39-45-52-65(7)10-3)89-71(76)55-48-41-34-28-22-20-18-16-14-13-15-17-19-21-25-31-38-44-51-64(6)9-2/h63-68,73H,8-62H2,1-7H3,(H,78,79)(H,80,81)/t64?,65?,66-,67+,68+/m0/s1. The molecule has 0 aliphatic rings. The monoisotopic (exact) mass is 1340 g/mol. The number of phosphoric acid groups is 2. The second kappa shape index (κ2) is 62.8. The van der Waals surface area contributed by atoms with Gasteiger partial charge in [-0.1, -0.05) is 312 Å². The Morgan fingerprint density at radius 3 is 0.835 bits per heavy atom. The van der Waals surface area contributed by atoms with Gasteiger partial charge >= 0.3 is 39.5 Å². The molecule has 0 aromatic carbocycles. The van der Waals surface area contributed by atoms with Gasteiger partial charge in [-0.15, -0.1) is 0 Å². The van der Waals surface area contributed by atoms with E-state index in [9.17, 15) is 43.2 Å². The van der Waals surface area contributed by atoms with Gasteiger partial charge in [0.1, 0.15) is 19.3 Å². The number of ether oxygens (including phenoxy) is 4. The van der Waals surface area contributed by atoms with Crippen LogP contribution in [0.15, 0.2) is 0 Å². The van der Waals surface area contributed by atoms with Crippen molar-refractivity contribution in [1.82, 2.24) is 0 Å². The van der Waals surface area contributed by atoms with Crippen molar-refractivity contribution in [3.63, 3.8) is 0 Å². The topological polar surface area (TPSA) is 237 Å². The summed E-state index contributed by atoms with van der Waals surface area (Å²) in [6.45, 7) is 11.8. The molecule has 3 N–H and O–H groups in total. The van der Waals surface area contributed by atoms with Gasteiger partial charge in [-0.05, 0) is 43.4 Å². The zero-order valence-electron chi connectivity index (χ0n) is 59.3. The lowest BCUT2D eigenvalue weighted by Crippen LogP contribution is -2.30. The smallest absolute Gasteiger partial charge is 0.462 e. The number of unbranched alkanes of at least 4 members (excludes halogenated alkanes) is 36. The van der Waals surface area contributed by atoms with Gasteiger partial charge in [0.25, 0.3) is 0 Å². The largest absolute Gasteiger partial charge is 0.472 e. The molecule has 91 heavy (non-hydrogen) atoms. The fraction of sp³-hybridized carbons (Fsp3) is 0.944. The van der Waals surface area contributed by atoms with Crippen LogP contribution >= 0.6 is 15.6 Å². The number of rotatable bonds is 70. The third-order valence-electron chi connectivity index (χ3n) is 17.4. The molecule has 0 saturated heterocycles. The third-order valence-corrected chi connectivity index (χ3v) is 19.3. The third kappa shape index (κ3) is 63.9. The lowest BCUT2D eigenvalue weighted by molar-refractivity contribution is -0.161. The van der Waals surface area contributed by atoms with Crippen molar-refractivity contribution in [2.45, 2.75) is 381 Å². The zero-order chi connectivity index (χ0) is 67.3. The minimum Gasteiger partial charge on any atom is -0.462 e. The summed E-state index contributed by atoms with van der Waals surface area (Å²) in [5.41, 5.74) is 0. The summed E-state index contributed by atoms with van der Waals surface area (Å²) in [6.07, 6.45) is 47.7. The van der Waals surface area contributed by atoms with E-state index in [-0.39, 0.29) is 25.7 Å². The van der Waals surface area contributed by atoms with Crippen LogP contribution in [0.25, 0.3) is 0 Å². The number of hydrogen-bond acceptors (Lipinski definition) is 15. The summed E-state index contributed by atoms with van der Waals surface area (Å²) < 4.78 is 68.1. The number of aliphatic hydroxyl groups is 1. The highest BCUT2D eigenvalue weighted by Gasteiger charge is 2.30. The van der Waals surface area contributed by atoms with E-state index >= 15 is 0 Å². The first kappa shape index (κ1) is 89.1. The Morgan fingerprint density at radius 1 is 0.319 bits per heavy atom. The molecule has 0 aliphatic carbocycles. The molecule has 0 aromatic rings. The van der Waals surface area contributed by atoms with E-state index in [2.05, 4.69) is 48.5 Å². The predicted octanol–water partition coefficient (Wildman–Crippen LogP) is 20.6. The van der Waals surface area contributed by atoms with Crippen LogP contribution in [0.5, 0.6) is 0 Å². The van der Waals surface area contributed by atoms with Gasteiger partial charge in [0, 0.05) is 25.7 Å². The first-order valence-corrected chi connectivity index (χ1v) is 40.4. The fourth-order valence-electron chi connectivity index (χ4n) is 10.8. The highest BCUT2D eigenvalue weighted by Crippen LogP contribution is 2.45. The number of hydrogen-bond donors (Lipinski definition) is 3. The lowest BCUT2D eigenvalue weighted by atomic mass is 9.99. The molecule has 0 spiro atoms. The molecule has 0 radical (unpaired) electrons. The van der Waals surface area contributed by atoms with Crippen LogP contribution < -0.4 is 0 Å². The molecule has 0 aliphatic heterocycles. The highest BCUT2D eigenvalue weighted by molar-refractivity contribution is 7.47. The molecule has 4 unspecified atom stereocenters. The molecule has 0 rings (SSSR count). The van der Waals surface area contributed by atoms with Crippen molar-refractivity contribution in [3.05, 3.63) is 0 Å². The molecular formula is C72H140O17P2. The summed E-state index contributed by atoms with van der Waals surface area (Å²) in [7, 11) is -9.89. The molecule has 540 valence electrons. The van der Waals surface area contributed by atoms with Gasteiger partial charge < -0.3 is 33.8 Å². The van der Waals surface area contributed by atoms with Gasteiger partial charge in [0.15, 0.2) is 12.2 Å². The lowest BCUT2D eigenvalue weighted by Gasteiger charge is -2.21. The minimum atomic E-state index is -4.95.